The van der Waals surface area contributed by atoms with Gasteiger partial charge in [-0.25, -0.2) is 23.8 Å². The Morgan fingerprint density at radius 3 is 2.50 bits per heavy atom. The van der Waals surface area contributed by atoms with E-state index in [0.29, 0.717) is 4.57 Å². The zero-order valence-electron chi connectivity index (χ0n) is 25.9. The minimum Gasteiger partial charge on any atom is -0.756 e. The smallest absolute Gasteiger partial charge is 0.478 e. The third-order valence-electron chi connectivity index (χ3n) is 6.43. The van der Waals surface area contributed by atoms with Crippen molar-refractivity contribution in [3.63, 3.8) is 0 Å². The van der Waals surface area contributed by atoms with E-state index in [4.69, 9.17) is 26.4 Å². The molecule has 0 bridgehead atoms. The van der Waals surface area contributed by atoms with Gasteiger partial charge in [0, 0.05) is 6.04 Å². The second-order valence-electron chi connectivity index (χ2n) is 9.35. The van der Waals surface area contributed by atoms with Gasteiger partial charge < -0.3 is 55.7 Å². The quantitative estimate of drug-likeness (QED) is 0.0765. The zero-order valence-corrected chi connectivity index (χ0v) is 23.7. The Bertz CT molecular complexity index is 1840. The van der Waals surface area contributed by atoms with Crippen molar-refractivity contribution in [1.82, 2.24) is 19.5 Å². The molecular formula is C21H27N7O14P2. The van der Waals surface area contributed by atoms with Gasteiger partial charge in [0.25, 0.3) is 20.0 Å². The van der Waals surface area contributed by atoms with Gasteiger partial charge in [0.05, 0.1) is 22.3 Å². The molecule has 2 fully saturated rings. The molecule has 23 heteroatoms. The number of aromatic nitrogens is 5. The van der Waals surface area contributed by atoms with E-state index in [1.807, 2.05) is 0 Å². The van der Waals surface area contributed by atoms with E-state index < -0.39 is 114 Å². The molecule has 1 amide bonds. The van der Waals surface area contributed by atoms with Crippen LogP contribution in [0.2, 0.25) is 0 Å². The van der Waals surface area contributed by atoms with Crippen LogP contribution in [0.4, 0.5) is 5.82 Å². The average Bonchev–Trinajstić information content (AvgIpc) is 3.64. The number of hydrogen-bond donors (Lipinski definition) is 7. The topological polar surface area (TPSA) is 321 Å². The molecule has 10 atom stereocenters. The summed E-state index contributed by atoms with van der Waals surface area (Å²) in [5.74, 6) is -1.29. The number of hydrogen-bond acceptors (Lipinski definition) is 17. The summed E-state index contributed by atoms with van der Waals surface area (Å²) in [7, 11) is -11.3. The predicted molar refractivity (Wildman–Crippen MR) is 137 cm³/mol. The number of anilines is 1. The van der Waals surface area contributed by atoms with Gasteiger partial charge >= 0.3 is 7.82 Å². The monoisotopic (exact) mass is 667 g/mol. The van der Waals surface area contributed by atoms with E-state index >= 15 is 0 Å². The maximum Gasteiger partial charge on any atom is 0.478 e. The van der Waals surface area contributed by atoms with E-state index in [0.717, 1.165) is 6.33 Å². The number of rotatable bonds is 11. The highest BCUT2D eigenvalue weighted by Crippen LogP contribution is 2.58. The molecule has 3 aromatic heterocycles. The minimum atomic E-state index is -5.78. The Morgan fingerprint density at radius 1 is 1.09 bits per heavy atom. The highest BCUT2D eigenvalue weighted by molar-refractivity contribution is 7.60. The third-order valence-corrected chi connectivity index (χ3v) is 9.00. The van der Waals surface area contributed by atoms with Gasteiger partial charge in [-0.2, -0.15) is 4.57 Å². The SMILES string of the molecule is [2H]c1c([2H])c([2H])[n+]([C@@H]2O[C@H](COP(=O)([O-])OP(=O)(O)OC[C@H]3O[C@@H](n4cnc5c(N)ncnc54)[C@H](O)[C@@H]3O)[C@@H](O)[C@H]2O)c([2H])c1C(N)=O. The van der Waals surface area contributed by atoms with Crippen molar-refractivity contribution in [2.45, 2.75) is 49.1 Å². The first kappa shape index (κ1) is 27.3. The summed E-state index contributed by atoms with van der Waals surface area (Å²) in [6.07, 6.45) is -13.4. The number of ether oxygens (including phenoxy) is 2. The van der Waals surface area contributed by atoms with Gasteiger partial charge in [-0.1, -0.05) is 0 Å². The predicted octanol–water partition coefficient (Wildman–Crippen LogP) is -3.65. The number of primary amides is 1. The van der Waals surface area contributed by atoms with E-state index in [2.05, 4.69) is 28.3 Å². The van der Waals surface area contributed by atoms with Crippen LogP contribution in [0.25, 0.3) is 11.2 Å². The zero-order chi connectivity index (χ0) is 35.5. The molecule has 2 aliphatic heterocycles. The molecule has 2 saturated heterocycles. The molecule has 3 aromatic rings. The van der Waals surface area contributed by atoms with Gasteiger partial charge in [-0.3, -0.25) is 18.5 Å². The lowest BCUT2D eigenvalue weighted by Crippen LogP contribution is -2.46. The van der Waals surface area contributed by atoms with Crippen LogP contribution in [-0.4, -0.2) is 101 Å². The fraction of sp³-hybridized carbons (Fsp3) is 0.476. The van der Waals surface area contributed by atoms with Crippen LogP contribution in [-0.2, 0) is 32.0 Å². The van der Waals surface area contributed by atoms with Crippen LogP contribution in [0.15, 0.2) is 37.1 Å². The van der Waals surface area contributed by atoms with Crippen LogP contribution in [0.5, 0.6) is 0 Å². The second kappa shape index (κ2) is 12.4. The molecule has 5 rings (SSSR count). The first-order valence-electron chi connectivity index (χ1n) is 14.3. The standard InChI is InChI=1S/C21H27N7O14P2/c22-17-12-19(25-7-24-17)28(8-26-12)21-16(32)14(30)11(41-21)6-39-44(36,37)42-43(34,35)38-5-10-13(29)15(31)20(40-10)27-3-1-2-9(4-27)18(23)33/h1-4,7-8,10-11,13-16,20-21,29-32H,5-6H2,(H5-,22,23,24,25,33,34,35,36,37)/t10-,11-,13-,14-,15-,16-,20-,21-/m1/s1/i1D,2D,3D,4D. The molecule has 0 saturated carbocycles. The maximum atomic E-state index is 12.4. The summed E-state index contributed by atoms with van der Waals surface area (Å²) in [5.41, 5.74) is 10.4. The largest absolute Gasteiger partial charge is 0.756 e. The number of nitrogens with two attached hydrogens (primary N) is 2. The number of amides is 1. The fourth-order valence-corrected chi connectivity index (χ4v) is 6.36. The second-order valence-corrected chi connectivity index (χ2v) is 12.3. The molecule has 9 N–H and O–H groups in total. The first-order chi connectivity index (χ1) is 22.3. The number of aliphatic hydroxyl groups is 4. The number of aliphatic hydroxyl groups excluding tert-OH is 4. The molecule has 21 nitrogen and oxygen atoms in total. The van der Waals surface area contributed by atoms with Crippen LogP contribution >= 0.6 is 15.6 Å². The number of phosphoric ester groups is 2. The number of nitrogens with zero attached hydrogens (tertiary/aromatic N) is 5. The lowest BCUT2D eigenvalue weighted by molar-refractivity contribution is -0.765. The molecule has 2 aliphatic rings. The van der Waals surface area contributed by atoms with E-state index in [1.165, 1.54) is 10.9 Å². The molecule has 44 heavy (non-hydrogen) atoms. The summed E-state index contributed by atoms with van der Waals surface area (Å²) in [6, 6.07) is -1.73. The van der Waals surface area contributed by atoms with Crippen molar-refractivity contribution in [2.75, 3.05) is 18.9 Å². The highest BCUT2D eigenvalue weighted by Gasteiger charge is 2.49. The maximum absolute atomic E-state index is 12.4. The Hall–Kier alpha value is -3.01. The van der Waals surface area contributed by atoms with Crippen molar-refractivity contribution in [2.24, 2.45) is 5.73 Å². The normalized spacial score (nSPS) is 32.9. The average molecular weight is 667 g/mol. The number of imidazole rings is 1. The Kier molecular flexibility index (Phi) is 7.70. The van der Waals surface area contributed by atoms with Crippen LogP contribution in [0.3, 0.4) is 0 Å². The third kappa shape index (κ3) is 6.65. The van der Waals surface area contributed by atoms with Crippen molar-refractivity contribution < 1.29 is 77.0 Å². The molecule has 2 unspecified atom stereocenters. The molecule has 5 heterocycles. The number of carbonyl (C=O) groups excluding carboxylic acids is 1. The van der Waals surface area contributed by atoms with Gasteiger partial charge in [-0.15, -0.1) is 0 Å². The van der Waals surface area contributed by atoms with Gasteiger partial charge in [0.2, 0.25) is 0 Å². The number of pyridine rings is 1. The minimum absolute atomic E-state index is 0.0169. The number of fused-ring (bicyclic) bond motifs is 1. The molecule has 0 radical (unpaired) electrons. The number of phosphoric acid groups is 2. The van der Waals surface area contributed by atoms with Crippen LogP contribution < -0.4 is 20.9 Å². The van der Waals surface area contributed by atoms with Crippen molar-refractivity contribution >= 4 is 38.5 Å². The number of nitrogen functional groups attached to an aromatic ring is 1. The fourth-order valence-electron chi connectivity index (χ4n) is 4.31. The van der Waals surface area contributed by atoms with E-state index in [-0.39, 0.29) is 17.0 Å². The number of carbonyl (C=O) groups is 1. The van der Waals surface area contributed by atoms with Gasteiger partial charge in [0.1, 0.15) is 50.7 Å². The molecule has 0 aromatic carbocycles. The lowest BCUT2D eigenvalue weighted by atomic mass is 10.1. The summed E-state index contributed by atoms with van der Waals surface area (Å²) < 4.78 is 82.5. The Balaban J connectivity index is 1.20. The molecule has 240 valence electrons. The Morgan fingerprint density at radius 2 is 1.77 bits per heavy atom. The van der Waals surface area contributed by atoms with E-state index in [1.54, 1.807) is 0 Å². The summed E-state index contributed by atoms with van der Waals surface area (Å²) in [4.78, 5) is 45.9. The summed E-state index contributed by atoms with van der Waals surface area (Å²) >= 11 is 0. The summed E-state index contributed by atoms with van der Waals surface area (Å²) in [6.45, 7) is -2.16. The van der Waals surface area contributed by atoms with Crippen LogP contribution in [0.1, 0.15) is 28.3 Å². The highest BCUT2D eigenvalue weighted by atomic mass is 31.3. The van der Waals surface area contributed by atoms with E-state index in [9.17, 15) is 44.1 Å². The van der Waals surface area contributed by atoms with Gasteiger partial charge in [-0.05, 0) is 6.04 Å². The van der Waals surface area contributed by atoms with Gasteiger partial charge in [0.15, 0.2) is 36.1 Å². The molecule has 0 aliphatic carbocycles. The molecule has 0 spiro atoms. The summed E-state index contributed by atoms with van der Waals surface area (Å²) in [5, 5.41) is 41.8. The van der Waals surface area contributed by atoms with Crippen LogP contribution in [0, 0.1) is 0 Å². The first-order valence-corrected chi connectivity index (χ1v) is 15.2. The van der Waals surface area contributed by atoms with Crippen molar-refractivity contribution in [3.8, 4) is 0 Å². The molecular weight excluding hydrogens is 636 g/mol. The Labute approximate surface area is 252 Å². The van der Waals surface area contributed by atoms with Crippen molar-refractivity contribution in [1.29, 1.82) is 0 Å². The lowest BCUT2D eigenvalue weighted by Gasteiger charge is -2.26. The van der Waals surface area contributed by atoms with Crippen molar-refractivity contribution in [3.05, 3.63) is 42.6 Å².